The normalized spacial score (nSPS) is 16.1. The quantitative estimate of drug-likeness (QED) is 0.820. The molecule has 1 N–H and O–H groups in total. The van der Waals surface area contributed by atoms with Crippen LogP contribution in [0.15, 0.2) is 24.3 Å². The summed E-state index contributed by atoms with van der Waals surface area (Å²) >= 11 is 0. The van der Waals surface area contributed by atoms with Gasteiger partial charge in [0.25, 0.3) is 0 Å². The predicted octanol–water partition coefficient (Wildman–Crippen LogP) is 2.50. The van der Waals surface area contributed by atoms with Crippen LogP contribution in [0.5, 0.6) is 5.75 Å². The zero-order chi connectivity index (χ0) is 16.7. The molecule has 0 aromatic heterocycles. The molecule has 2 rings (SSSR count). The lowest BCUT2D eigenvalue weighted by Gasteiger charge is -2.35. The fourth-order valence-electron chi connectivity index (χ4n) is 2.84. The smallest absolute Gasteiger partial charge is 0.317 e. The summed E-state index contributed by atoms with van der Waals surface area (Å²) in [4.78, 5) is 16.3. The van der Waals surface area contributed by atoms with Crippen molar-refractivity contribution >= 4 is 6.03 Å². The predicted molar refractivity (Wildman–Crippen MR) is 93.0 cm³/mol. The Morgan fingerprint density at radius 1 is 1.35 bits per heavy atom. The molecule has 0 saturated carbocycles. The zero-order valence-electron chi connectivity index (χ0n) is 14.5. The van der Waals surface area contributed by atoms with Crippen LogP contribution >= 0.6 is 0 Å². The lowest BCUT2D eigenvalue weighted by Crippen LogP contribution is -2.48. The van der Waals surface area contributed by atoms with Gasteiger partial charge in [-0.25, -0.2) is 4.79 Å². The second-order valence-electron chi connectivity index (χ2n) is 6.34. The number of hydrogen-bond donors (Lipinski definition) is 1. The minimum atomic E-state index is 0.0236. The summed E-state index contributed by atoms with van der Waals surface area (Å²) in [5.74, 6) is 0.919. The molecule has 1 saturated heterocycles. The zero-order valence-corrected chi connectivity index (χ0v) is 14.5. The van der Waals surface area contributed by atoms with Crippen LogP contribution in [0, 0.1) is 6.92 Å². The van der Waals surface area contributed by atoms with Gasteiger partial charge >= 0.3 is 6.03 Å². The van der Waals surface area contributed by atoms with Crippen LogP contribution in [-0.2, 0) is 0 Å². The molecule has 1 heterocycles. The first kappa shape index (κ1) is 17.6. The maximum absolute atomic E-state index is 12.2. The molecule has 5 heteroatoms. The molecule has 0 atom stereocenters. The maximum Gasteiger partial charge on any atom is 0.317 e. The highest BCUT2D eigenvalue weighted by Crippen LogP contribution is 2.16. The average molecular weight is 319 g/mol. The van der Waals surface area contributed by atoms with E-state index in [9.17, 15) is 4.79 Å². The van der Waals surface area contributed by atoms with Crippen molar-refractivity contribution in [2.45, 2.75) is 32.2 Å². The summed E-state index contributed by atoms with van der Waals surface area (Å²) in [6, 6.07) is 8.36. The Balaban J connectivity index is 1.62. The highest BCUT2D eigenvalue weighted by Gasteiger charge is 2.23. The molecule has 1 aromatic carbocycles. The van der Waals surface area contributed by atoms with Crippen molar-refractivity contribution in [3.05, 3.63) is 29.8 Å². The molecule has 1 aromatic rings. The van der Waals surface area contributed by atoms with E-state index in [4.69, 9.17) is 4.74 Å². The average Bonchev–Trinajstić information content (AvgIpc) is 2.56. The van der Waals surface area contributed by atoms with Gasteiger partial charge in [0.1, 0.15) is 5.75 Å². The second-order valence-corrected chi connectivity index (χ2v) is 6.34. The van der Waals surface area contributed by atoms with Crippen LogP contribution in [0.4, 0.5) is 4.79 Å². The molecule has 5 nitrogen and oxygen atoms in total. The first-order valence-corrected chi connectivity index (χ1v) is 8.45. The van der Waals surface area contributed by atoms with Crippen molar-refractivity contribution in [2.75, 3.05) is 40.3 Å². The van der Waals surface area contributed by atoms with Gasteiger partial charge in [-0.2, -0.15) is 0 Å². The van der Waals surface area contributed by atoms with Crippen LogP contribution in [0.2, 0.25) is 0 Å². The van der Waals surface area contributed by atoms with Gasteiger partial charge < -0.3 is 19.9 Å². The first-order chi connectivity index (χ1) is 11.1. The molecule has 2 amide bonds. The highest BCUT2D eigenvalue weighted by atomic mass is 16.5. The number of rotatable bonds is 6. The van der Waals surface area contributed by atoms with Crippen molar-refractivity contribution in [3.8, 4) is 5.75 Å². The van der Waals surface area contributed by atoms with Gasteiger partial charge in [-0.1, -0.05) is 18.2 Å². The molecule has 128 valence electrons. The van der Waals surface area contributed by atoms with Crippen molar-refractivity contribution in [3.63, 3.8) is 0 Å². The summed E-state index contributed by atoms with van der Waals surface area (Å²) < 4.78 is 5.74. The number of nitrogens with zero attached hydrogens (tertiary/aromatic N) is 2. The number of piperidine rings is 1. The monoisotopic (exact) mass is 319 g/mol. The number of carbonyl (C=O) groups is 1. The van der Waals surface area contributed by atoms with Crippen LogP contribution in [0.1, 0.15) is 24.8 Å². The highest BCUT2D eigenvalue weighted by molar-refractivity contribution is 5.74. The van der Waals surface area contributed by atoms with Crippen molar-refractivity contribution in [2.24, 2.45) is 0 Å². The SMILES string of the molecule is Cc1ccccc1OCCCNC(=O)N(C)C1CCN(C)CC1. The third-order valence-corrected chi connectivity index (χ3v) is 4.50. The fraction of sp³-hybridized carbons (Fsp3) is 0.611. The summed E-state index contributed by atoms with van der Waals surface area (Å²) in [5, 5.41) is 2.99. The summed E-state index contributed by atoms with van der Waals surface area (Å²) in [7, 11) is 4.03. The Kier molecular flexibility index (Phi) is 6.71. The number of urea groups is 1. The lowest BCUT2D eigenvalue weighted by atomic mass is 10.0. The van der Waals surface area contributed by atoms with Crippen molar-refractivity contribution in [1.29, 1.82) is 0 Å². The van der Waals surface area contributed by atoms with Gasteiger partial charge in [-0.15, -0.1) is 0 Å². The third-order valence-electron chi connectivity index (χ3n) is 4.50. The van der Waals surface area contributed by atoms with Crippen LogP contribution in [0.25, 0.3) is 0 Å². The molecule has 0 unspecified atom stereocenters. The molecule has 23 heavy (non-hydrogen) atoms. The number of ether oxygens (including phenoxy) is 1. The summed E-state index contributed by atoms with van der Waals surface area (Å²) in [5.41, 5.74) is 1.14. The van der Waals surface area contributed by atoms with E-state index in [1.165, 1.54) is 0 Å². The van der Waals surface area contributed by atoms with Gasteiger partial charge in [0.15, 0.2) is 0 Å². The number of amides is 2. The van der Waals surface area contributed by atoms with Crippen LogP contribution < -0.4 is 10.1 Å². The van der Waals surface area contributed by atoms with E-state index in [0.717, 1.165) is 43.7 Å². The molecular formula is C18H29N3O2. The van der Waals surface area contributed by atoms with E-state index in [1.807, 2.05) is 43.1 Å². The molecule has 0 aliphatic carbocycles. The number of hydrogen-bond acceptors (Lipinski definition) is 3. The van der Waals surface area contributed by atoms with Gasteiger partial charge in [0.2, 0.25) is 0 Å². The molecule has 1 aliphatic rings. The maximum atomic E-state index is 12.2. The van der Waals surface area contributed by atoms with Crippen LogP contribution in [0.3, 0.4) is 0 Å². The first-order valence-electron chi connectivity index (χ1n) is 8.45. The Morgan fingerprint density at radius 3 is 2.74 bits per heavy atom. The molecule has 0 radical (unpaired) electrons. The topological polar surface area (TPSA) is 44.8 Å². The number of para-hydroxylation sites is 1. The molecule has 0 spiro atoms. The number of nitrogens with one attached hydrogen (secondary N) is 1. The fourth-order valence-corrected chi connectivity index (χ4v) is 2.84. The molecule has 0 bridgehead atoms. The van der Waals surface area contributed by atoms with E-state index >= 15 is 0 Å². The number of aryl methyl sites for hydroxylation is 1. The summed E-state index contributed by atoms with van der Waals surface area (Å²) in [6.07, 6.45) is 2.91. The van der Waals surface area contributed by atoms with Gasteiger partial charge in [0.05, 0.1) is 6.61 Å². The van der Waals surface area contributed by atoms with E-state index in [0.29, 0.717) is 19.2 Å². The van der Waals surface area contributed by atoms with E-state index in [2.05, 4.69) is 17.3 Å². The van der Waals surface area contributed by atoms with Gasteiger partial charge in [-0.3, -0.25) is 0 Å². The van der Waals surface area contributed by atoms with Crippen molar-refractivity contribution in [1.82, 2.24) is 15.1 Å². The standard InChI is InChI=1S/C18H29N3O2/c1-15-7-4-5-8-17(15)23-14-6-11-19-18(22)21(3)16-9-12-20(2)13-10-16/h4-5,7-8,16H,6,9-14H2,1-3H3,(H,19,22). The Labute approximate surface area is 139 Å². The van der Waals surface area contributed by atoms with Gasteiger partial charge in [-0.05, 0) is 58.0 Å². The molecule has 1 aliphatic heterocycles. The van der Waals surface area contributed by atoms with Gasteiger partial charge in [0, 0.05) is 19.6 Å². The third kappa shape index (κ3) is 5.43. The Morgan fingerprint density at radius 2 is 2.04 bits per heavy atom. The molecule has 1 fully saturated rings. The van der Waals surface area contributed by atoms with Crippen LogP contribution in [-0.4, -0.2) is 62.2 Å². The number of likely N-dealkylation sites (tertiary alicyclic amines) is 1. The minimum Gasteiger partial charge on any atom is -0.493 e. The second kappa shape index (κ2) is 8.77. The van der Waals surface area contributed by atoms with E-state index in [-0.39, 0.29) is 6.03 Å². The number of carbonyl (C=O) groups excluding carboxylic acids is 1. The minimum absolute atomic E-state index is 0.0236. The molecular weight excluding hydrogens is 290 g/mol. The number of benzene rings is 1. The largest absolute Gasteiger partial charge is 0.493 e. The Bertz CT molecular complexity index is 499. The van der Waals surface area contributed by atoms with E-state index in [1.54, 1.807) is 0 Å². The van der Waals surface area contributed by atoms with E-state index < -0.39 is 0 Å². The Hall–Kier alpha value is -1.75. The summed E-state index contributed by atoms with van der Waals surface area (Å²) in [6.45, 7) is 5.41. The van der Waals surface area contributed by atoms with Crippen molar-refractivity contribution < 1.29 is 9.53 Å². The lowest BCUT2D eigenvalue weighted by molar-refractivity contribution is 0.147.